The van der Waals surface area contributed by atoms with Gasteiger partial charge < -0.3 is 15.0 Å². The lowest BCUT2D eigenvalue weighted by atomic mass is 9.99. The van der Waals surface area contributed by atoms with Crippen LogP contribution in [-0.2, 0) is 24.8 Å². The molecule has 0 aliphatic carbocycles. The molecule has 0 fully saturated rings. The third-order valence-electron chi connectivity index (χ3n) is 4.44. The molecule has 1 aliphatic rings. The van der Waals surface area contributed by atoms with Crippen LogP contribution in [0.25, 0.3) is 0 Å². The predicted octanol–water partition coefficient (Wildman–Crippen LogP) is 1.83. The number of nitrogens with zero attached hydrogens (tertiary/aromatic N) is 4. The largest absolute Gasteiger partial charge is 0.369 e. The van der Waals surface area contributed by atoms with Crippen molar-refractivity contribution in [3.63, 3.8) is 0 Å². The number of pyridine rings is 1. The number of aromatic nitrogens is 3. The van der Waals surface area contributed by atoms with Crippen LogP contribution >= 0.6 is 0 Å². The smallest absolute Gasteiger partial charge is 0.270 e. The Morgan fingerprint density at radius 2 is 2.20 bits per heavy atom. The summed E-state index contributed by atoms with van der Waals surface area (Å²) in [4.78, 5) is 19.1. The van der Waals surface area contributed by atoms with Crippen LogP contribution in [0.5, 0.6) is 0 Å². The number of amides is 1. The van der Waals surface area contributed by atoms with Crippen molar-refractivity contribution < 1.29 is 9.53 Å². The van der Waals surface area contributed by atoms with E-state index >= 15 is 0 Å². The number of fused-ring (bicyclic) bond motifs is 1. The van der Waals surface area contributed by atoms with Gasteiger partial charge in [-0.25, -0.2) is 4.98 Å². The van der Waals surface area contributed by atoms with Crippen LogP contribution in [0.1, 0.15) is 47.3 Å². The molecule has 0 unspecified atom stereocenters. The minimum Gasteiger partial charge on any atom is -0.369 e. The molecule has 7 heteroatoms. The molecule has 0 radical (unpaired) electrons. The van der Waals surface area contributed by atoms with Gasteiger partial charge in [-0.15, -0.1) is 0 Å². The fraction of sp³-hybridized carbons (Fsp3) is 0.500. The van der Waals surface area contributed by atoms with Crippen molar-refractivity contribution in [2.45, 2.75) is 39.0 Å². The van der Waals surface area contributed by atoms with Gasteiger partial charge in [-0.05, 0) is 19.9 Å². The molecule has 2 atom stereocenters. The highest BCUT2D eigenvalue weighted by Gasteiger charge is 2.31. The van der Waals surface area contributed by atoms with Crippen molar-refractivity contribution in [3.8, 4) is 0 Å². The van der Waals surface area contributed by atoms with Crippen molar-refractivity contribution in [1.29, 1.82) is 0 Å². The molecule has 2 aromatic rings. The highest BCUT2D eigenvalue weighted by molar-refractivity contribution is 5.94. The summed E-state index contributed by atoms with van der Waals surface area (Å²) in [6.45, 7) is 4.41. The third-order valence-corrected chi connectivity index (χ3v) is 4.44. The van der Waals surface area contributed by atoms with Gasteiger partial charge in [-0.3, -0.25) is 9.48 Å². The Kier molecular flexibility index (Phi) is 4.76. The van der Waals surface area contributed by atoms with Gasteiger partial charge in [-0.2, -0.15) is 5.10 Å². The summed E-state index contributed by atoms with van der Waals surface area (Å²) in [6.07, 6.45) is 2.44. The number of nitrogens with one attached hydrogen (secondary N) is 1. The number of rotatable bonds is 4. The minimum atomic E-state index is -0.119. The molecule has 0 spiro atoms. The van der Waals surface area contributed by atoms with E-state index in [0.29, 0.717) is 18.7 Å². The fourth-order valence-electron chi connectivity index (χ4n) is 3.38. The van der Waals surface area contributed by atoms with Crippen LogP contribution in [0.4, 0.5) is 5.82 Å². The number of hydrogen-bond acceptors (Lipinski definition) is 5. The van der Waals surface area contributed by atoms with Crippen LogP contribution in [-0.4, -0.2) is 40.9 Å². The first-order chi connectivity index (χ1) is 11.9. The number of carbonyl (C=O) groups is 1. The highest BCUT2D eigenvalue weighted by Crippen LogP contribution is 2.31. The standard InChI is InChI=1S/C18H25N5O2/c1-11-9-14-15(12(2)25-11)21-23(5)16(14)18(24)20-10-13-7-6-8-19-17(13)22(3)4/h6-8,11-12H,9-10H2,1-5H3,(H,20,24)/t11-,12+/m1/s1. The topological polar surface area (TPSA) is 72.3 Å². The molecule has 1 N–H and O–H groups in total. The van der Waals surface area contributed by atoms with Crippen molar-refractivity contribution in [3.05, 3.63) is 40.8 Å². The molecular weight excluding hydrogens is 318 g/mol. The number of ether oxygens (including phenoxy) is 1. The van der Waals surface area contributed by atoms with Crippen molar-refractivity contribution >= 4 is 11.7 Å². The Bertz CT molecular complexity index is 784. The molecule has 3 rings (SSSR count). The lowest BCUT2D eigenvalue weighted by molar-refractivity contribution is -0.00710. The average molecular weight is 343 g/mol. The fourth-order valence-corrected chi connectivity index (χ4v) is 3.38. The van der Waals surface area contributed by atoms with Gasteiger partial charge in [0.1, 0.15) is 11.5 Å². The monoisotopic (exact) mass is 343 g/mol. The molecule has 1 aliphatic heterocycles. The number of hydrogen-bond donors (Lipinski definition) is 1. The maximum absolute atomic E-state index is 12.8. The Balaban J connectivity index is 1.82. The van der Waals surface area contributed by atoms with Crippen LogP contribution in [0.2, 0.25) is 0 Å². The summed E-state index contributed by atoms with van der Waals surface area (Å²) in [6, 6.07) is 3.85. The van der Waals surface area contributed by atoms with E-state index in [9.17, 15) is 4.79 Å². The second-order valence-corrected chi connectivity index (χ2v) is 6.69. The van der Waals surface area contributed by atoms with E-state index in [4.69, 9.17) is 4.74 Å². The molecule has 134 valence electrons. The van der Waals surface area contributed by atoms with Crippen LogP contribution in [0.3, 0.4) is 0 Å². The zero-order valence-electron chi connectivity index (χ0n) is 15.4. The Morgan fingerprint density at radius 1 is 1.44 bits per heavy atom. The molecule has 0 aromatic carbocycles. The van der Waals surface area contributed by atoms with E-state index in [1.807, 2.05) is 45.0 Å². The van der Waals surface area contributed by atoms with Crippen molar-refractivity contribution in [1.82, 2.24) is 20.1 Å². The minimum absolute atomic E-state index is 0.0805. The number of anilines is 1. The zero-order chi connectivity index (χ0) is 18.1. The summed E-state index contributed by atoms with van der Waals surface area (Å²) in [5, 5.41) is 7.51. The average Bonchev–Trinajstić information content (AvgIpc) is 2.89. The lowest BCUT2D eigenvalue weighted by Gasteiger charge is -2.24. The summed E-state index contributed by atoms with van der Waals surface area (Å²) >= 11 is 0. The third kappa shape index (κ3) is 3.37. The van der Waals surface area contributed by atoms with Gasteiger partial charge >= 0.3 is 0 Å². The quantitative estimate of drug-likeness (QED) is 0.917. The van der Waals surface area contributed by atoms with Crippen molar-refractivity contribution in [2.75, 3.05) is 19.0 Å². The summed E-state index contributed by atoms with van der Waals surface area (Å²) < 4.78 is 7.47. The maximum Gasteiger partial charge on any atom is 0.270 e. The summed E-state index contributed by atoms with van der Waals surface area (Å²) in [5.74, 6) is 0.733. The first-order valence-corrected chi connectivity index (χ1v) is 8.49. The molecule has 3 heterocycles. The van der Waals surface area contributed by atoms with E-state index in [0.717, 1.165) is 22.6 Å². The van der Waals surface area contributed by atoms with Gasteiger partial charge in [-0.1, -0.05) is 6.07 Å². The van der Waals surface area contributed by atoms with Gasteiger partial charge in [0, 0.05) is 51.4 Å². The summed E-state index contributed by atoms with van der Waals surface area (Å²) in [5.41, 5.74) is 3.45. The molecule has 7 nitrogen and oxygen atoms in total. The second kappa shape index (κ2) is 6.84. The Hall–Kier alpha value is -2.41. The van der Waals surface area contributed by atoms with E-state index in [1.165, 1.54) is 0 Å². The van der Waals surface area contributed by atoms with Gasteiger partial charge in [0.2, 0.25) is 0 Å². The predicted molar refractivity (Wildman–Crippen MR) is 95.6 cm³/mol. The van der Waals surface area contributed by atoms with E-state index < -0.39 is 0 Å². The van der Waals surface area contributed by atoms with Crippen molar-refractivity contribution in [2.24, 2.45) is 7.05 Å². The Labute approximate surface area is 148 Å². The number of carbonyl (C=O) groups excluding carboxylic acids is 1. The summed E-state index contributed by atoms with van der Waals surface area (Å²) in [7, 11) is 5.68. The number of aryl methyl sites for hydroxylation is 1. The SMILES string of the molecule is C[C@@H]1Cc2c(nn(C)c2C(=O)NCc2cccnc2N(C)C)[C@H](C)O1. The molecule has 0 bridgehead atoms. The van der Waals surface area contributed by atoms with E-state index in [-0.39, 0.29) is 18.1 Å². The van der Waals surface area contributed by atoms with Crippen LogP contribution in [0, 0.1) is 0 Å². The molecule has 2 aromatic heterocycles. The molecule has 0 saturated heterocycles. The maximum atomic E-state index is 12.8. The van der Waals surface area contributed by atoms with Gasteiger partial charge in [0.15, 0.2) is 0 Å². The van der Waals surface area contributed by atoms with Crippen LogP contribution < -0.4 is 10.2 Å². The molecule has 0 saturated carbocycles. The lowest BCUT2D eigenvalue weighted by Crippen LogP contribution is -2.29. The normalized spacial score (nSPS) is 19.4. The molecular formula is C18H25N5O2. The van der Waals surface area contributed by atoms with Gasteiger partial charge in [0.25, 0.3) is 5.91 Å². The van der Waals surface area contributed by atoms with E-state index in [1.54, 1.807) is 17.9 Å². The Morgan fingerprint density at radius 3 is 2.92 bits per heavy atom. The molecule has 25 heavy (non-hydrogen) atoms. The van der Waals surface area contributed by atoms with Crippen LogP contribution in [0.15, 0.2) is 18.3 Å². The van der Waals surface area contributed by atoms with E-state index in [2.05, 4.69) is 15.4 Å². The van der Waals surface area contributed by atoms with Gasteiger partial charge in [0.05, 0.1) is 17.9 Å². The first kappa shape index (κ1) is 17.4. The first-order valence-electron chi connectivity index (χ1n) is 8.49. The highest BCUT2D eigenvalue weighted by atomic mass is 16.5. The second-order valence-electron chi connectivity index (χ2n) is 6.69. The zero-order valence-corrected chi connectivity index (χ0v) is 15.4. The molecule has 1 amide bonds.